The predicted molar refractivity (Wildman–Crippen MR) is 115 cm³/mol. The lowest BCUT2D eigenvalue weighted by Gasteiger charge is -2.18. The Labute approximate surface area is 178 Å². The highest BCUT2D eigenvalue weighted by Gasteiger charge is 2.18. The van der Waals surface area contributed by atoms with Crippen molar-refractivity contribution in [3.05, 3.63) is 76.3 Å². The molecule has 0 fully saturated rings. The zero-order chi connectivity index (χ0) is 21.7. The first-order valence-electron chi connectivity index (χ1n) is 9.30. The summed E-state index contributed by atoms with van der Waals surface area (Å²) in [5.74, 6) is -1.27. The van der Waals surface area contributed by atoms with Gasteiger partial charge in [-0.25, -0.2) is 9.78 Å². The summed E-state index contributed by atoms with van der Waals surface area (Å²) in [7, 11) is 0. The number of thiazole rings is 1. The Morgan fingerprint density at radius 2 is 1.67 bits per heavy atom. The van der Waals surface area contributed by atoms with Crippen LogP contribution in [0.25, 0.3) is 0 Å². The fraction of sp³-hybridized carbons (Fsp3) is 0.182. The van der Waals surface area contributed by atoms with Crippen molar-refractivity contribution in [2.75, 3.05) is 4.90 Å². The molecular weight excluding hydrogens is 402 g/mol. The molecule has 2 aromatic carbocycles. The first-order chi connectivity index (χ1) is 14.4. The van der Waals surface area contributed by atoms with E-state index in [2.05, 4.69) is 11.9 Å². The summed E-state index contributed by atoms with van der Waals surface area (Å²) in [6, 6.07) is 13.6. The molecule has 30 heavy (non-hydrogen) atoms. The van der Waals surface area contributed by atoms with E-state index in [1.54, 1.807) is 5.38 Å². The van der Waals surface area contributed by atoms with Gasteiger partial charge in [0.1, 0.15) is 6.61 Å². The molecule has 0 aliphatic rings. The van der Waals surface area contributed by atoms with Crippen molar-refractivity contribution in [1.29, 1.82) is 0 Å². The van der Waals surface area contributed by atoms with Gasteiger partial charge in [0.05, 0.1) is 16.9 Å². The maximum Gasteiger partial charge on any atom is 0.338 e. The summed E-state index contributed by atoms with van der Waals surface area (Å²) < 4.78 is 5.29. The van der Waals surface area contributed by atoms with Crippen LogP contribution in [0, 0.1) is 0 Å². The number of ether oxygens (including phenoxy) is 1. The van der Waals surface area contributed by atoms with Gasteiger partial charge in [0.15, 0.2) is 5.13 Å². The summed E-state index contributed by atoms with van der Waals surface area (Å²) in [5.41, 5.74) is 8.25. The number of rotatable bonds is 7. The van der Waals surface area contributed by atoms with Crippen LogP contribution in [0.1, 0.15) is 45.8 Å². The lowest BCUT2D eigenvalue weighted by atomic mass is 10.1. The Bertz CT molecular complexity index is 1060. The van der Waals surface area contributed by atoms with E-state index in [9.17, 15) is 14.4 Å². The summed E-state index contributed by atoms with van der Waals surface area (Å²) in [6.45, 7) is 3.51. The second kappa shape index (κ2) is 9.32. The Morgan fingerprint density at radius 1 is 1.03 bits per heavy atom. The second-order valence-corrected chi connectivity index (χ2v) is 7.35. The van der Waals surface area contributed by atoms with E-state index in [1.807, 2.05) is 24.3 Å². The van der Waals surface area contributed by atoms with Gasteiger partial charge >= 0.3 is 5.97 Å². The molecule has 0 radical (unpaired) electrons. The molecule has 3 rings (SSSR count). The number of nitrogens with two attached hydrogens (primary N) is 1. The molecule has 1 aromatic heterocycles. The van der Waals surface area contributed by atoms with Gasteiger partial charge in [-0.15, -0.1) is 11.3 Å². The zero-order valence-electron chi connectivity index (χ0n) is 16.6. The first-order valence-corrected chi connectivity index (χ1v) is 10.2. The van der Waals surface area contributed by atoms with E-state index < -0.39 is 11.9 Å². The highest BCUT2D eigenvalue weighted by Crippen LogP contribution is 2.29. The topological polar surface area (TPSA) is 103 Å². The average molecular weight is 423 g/mol. The van der Waals surface area contributed by atoms with Crippen LogP contribution in [-0.4, -0.2) is 22.8 Å². The molecule has 8 heteroatoms. The molecule has 2 N–H and O–H groups in total. The zero-order valence-corrected chi connectivity index (χ0v) is 17.4. The van der Waals surface area contributed by atoms with E-state index in [-0.39, 0.29) is 12.5 Å². The van der Waals surface area contributed by atoms with Crippen molar-refractivity contribution in [3.63, 3.8) is 0 Å². The highest BCUT2D eigenvalue weighted by molar-refractivity contribution is 7.14. The number of nitrogens with zero attached hydrogens (tertiary/aromatic N) is 2. The van der Waals surface area contributed by atoms with Gasteiger partial charge in [0.2, 0.25) is 11.8 Å². The first kappa shape index (κ1) is 21.2. The monoisotopic (exact) mass is 423 g/mol. The van der Waals surface area contributed by atoms with Crippen molar-refractivity contribution in [2.24, 2.45) is 5.73 Å². The molecular formula is C22H21N3O4S. The van der Waals surface area contributed by atoms with E-state index in [1.165, 1.54) is 53.0 Å². The number of hydrogen-bond acceptors (Lipinski definition) is 6. The minimum Gasteiger partial charge on any atom is -0.456 e. The standard InChI is InChI=1S/C22H21N3O4S/c1-3-15-4-10-19(11-5-15)25(14(2)26)22-24-18(13-30-22)12-29-21(28)17-8-6-16(7-9-17)20(23)27/h4-11,13H,3,12H2,1-2H3,(H2,23,27). The van der Waals surface area contributed by atoms with Crippen molar-refractivity contribution in [2.45, 2.75) is 26.9 Å². The van der Waals surface area contributed by atoms with Crippen LogP contribution < -0.4 is 10.6 Å². The third-order valence-electron chi connectivity index (χ3n) is 4.40. The van der Waals surface area contributed by atoms with Crippen molar-refractivity contribution < 1.29 is 19.1 Å². The maximum atomic E-state index is 12.2. The number of carbonyl (C=O) groups is 3. The van der Waals surface area contributed by atoms with E-state index >= 15 is 0 Å². The molecule has 0 aliphatic heterocycles. The molecule has 0 unspecified atom stereocenters. The number of esters is 1. The quantitative estimate of drug-likeness (QED) is 0.582. The minimum absolute atomic E-state index is 0.0343. The normalized spacial score (nSPS) is 10.5. The molecule has 0 atom stereocenters. The summed E-state index contributed by atoms with van der Waals surface area (Å²) >= 11 is 1.29. The Hall–Kier alpha value is -3.52. The van der Waals surface area contributed by atoms with Crippen molar-refractivity contribution >= 4 is 39.9 Å². The van der Waals surface area contributed by atoms with E-state index in [0.29, 0.717) is 22.0 Å². The molecule has 0 aliphatic carbocycles. The SMILES string of the molecule is CCc1ccc(N(C(C)=O)c2nc(COC(=O)c3ccc(C(N)=O)cc3)cs2)cc1. The van der Waals surface area contributed by atoms with Crippen LogP contribution in [0.4, 0.5) is 10.8 Å². The van der Waals surface area contributed by atoms with Crippen LogP contribution in [0.5, 0.6) is 0 Å². The number of anilines is 2. The molecule has 154 valence electrons. The number of aromatic nitrogens is 1. The van der Waals surface area contributed by atoms with Crippen LogP contribution >= 0.6 is 11.3 Å². The maximum absolute atomic E-state index is 12.2. The fourth-order valence-corrected chi connectivity index (χ4v) is 3.64. The fourth-order valence-electron chi connectivity index (χ4n) is 2.77. The molecule has 3 aromatic rings. The molecule has 7 nitrogen and oxygen atoms in total. The number of carbonyl (C=O) groups excluding carboxylic acids is 3. The lowest BCUT2D eigenvalue weighted by Crippen LogP contribution is -2.22. The average Bonchev–Trinajstić information content (AvgIpc) is 3.20. The van der Waals surface area contributed by atoms with Crippen LogP contribution in [-0.2, 0) is 22.6 Å². The van der Waals surface area contributed by atoms with E-state index in [0.717, 1.165) is 12.1 Å². The molecule has 0 saturated carbocycles. The van der Waals surface area contributed by atoms with Crippen LogP contribution in [0.15, 0.2) is 53.9 Å². The molecule has 0 bridgehead atoms. The van der Waals surface area contributed by atoms with Gasteiger partial charge in [-0.1, -0.05) is 19.1 Å². The van der Waals surface area contributed by atoms with E-state index in [4.69, 9.17) is 10.5 Å². The lowest BCUT2D eigenvalue weighted by molar-refractivity contribution is -0.115. The Morgan fingerprint density at radius 3 is 2.23 bits per heavy atom. The number of amides is 2. The van der Waals surface area contributed by atoms with Gasteiger partial charge in [-0.2, -0.15) is 0 Å². The Balaban J connectivity index is 1.69. The summed E-state index contributed by atoms with van der Waals surface area (Å²) in [5, 5.41) is 2.25. The van der Waals surface area contributed by atoms with Gasteiger partial charge in [0, 0.05) is 17.9 Å². The number of aryl methyl sites for hydroxylation is 1. The highest BCUT2D eigenvalue weighted by atomic mass is 32.1. The third-order valence-corrected chi connectivity index (χ3v) is 5.28. The summed E-state index contributed by atoms with van der Waals surface area (Å²) in [6.07, 6.45) is 0.915. The third kappa shape index (κ3) is 4.90. The Kier molecular flexibility index (Phi) is 6.58. The van der Waals surface area contributed by atoms with Crippen molar-refractivity contribution in [3.8, 4) is 0 Å². The minimum atomic E-state index is -0.565. The smallest absolute Gasteiger partial charge is 0.338 e. The predicted octanol–water partition coefficient (Wildman–Crippen LogP) is 3.85. The molecule has 0 spiro atoms. The molecule has 0 saturated heterocycles. The van der Waals surface area contributed by atoms with Gasteiger partial charge < -0.3 is 10.5 Å². The van der Waals surface area contributed by atoms with Gasteiger partial charge in [-0.05, 0) is 48.4 Å². The van der Waals surface area contributed by atoms with Gasteiger partial charge in [0.25, 0.3) is 0 Å². The van der Waals surface area contributed by atoms with Crippen molar-refractivity contribution in [1.82, 2.24) is 4.98 Å². The largest absolute Gasteiger partial charge is 0.456 e. The molecule has 1 heterocycles. The van der Waals surface area contributed by atoms with Crippen LogP contribution in [0.3, 0.4) is 0 Å². The molecule has 2 amide bonds. The second-order valence-electron chi connectivity index (χ2n) is 6.51. The number of primary amides is 1. The summed E-state index contributed by atoms with van der Waals surface area (Å²) in [4.78, 5) is 41.5. The van der Waals surface area contributed by atoms with Crippen LogP contribution in [0.2, 0.25) is 0 Å². The number of benzene rings is 2. The number of hydrogen-bond donors (Lipinski definition) is 1. The van der Waals surface area contributed by atoms with Gasteiger partial charge in [-0.3, -0.25) is 14.5 Å².